The summed E-state index contributed by atoms with van der Waals surface area (Å²) in [4.78, 5) is 21.8. The van der Waals surface area contributed by atoms with Crippen LogP contribution in [-0.4, -0.2) is 28.1 Å². The van der Waals surface area contributed by atoms with Gasteiger partial charge in [-0.25, -0.2) is 14.8 Å². The lowest BCUT2D eigenvalue weighted by Crippen LogP contribution is -2.17. The van der Waals surface area contributed by atoms with E-state index in [0.29, 0.717) is 12.3 Å². The van der Waals surface area contributed by atoms with Crippen molar-refractivity contribution < 1.29 is 18.7 Å². The number of hydrogen-bond acceptors (Lipinski definition) is 6. The molecule has 0 unspecified atom stereocenters. The zero-order chi connectivity index (χ0) is 19.0. The number of hydrogen-bond donors (Lipinski definition) is 1. The van der Waals surface area contributed by atoms with Gasteiger partial charge in [-0.2, -0.15) is 0 Å². The van der Waals surface area contributed by atoms with Gasteiger partial charge < -0.3 is 18.8 Å². The molecule has 27 heavy (non-hydrogen) atoms. The number of carboxylic acids is 1. The highest BCUT2D eigenvalue weighted by molar-refractivity contribution is 5.92. The predicted molar refractivity (Wildman–Crippen MR) is 99.8 cm³/mol. The second-order valence-corrected chi connectivity index (χ2v) is 6.27. The van der Waals surface area contributed by atoms with E-state index in [1.54, 1.807) is 6.07 Å². The Labute approximate surface area is 154 Å². The molecule has 0 saturated carbocycles. The molecule has 4 rings (SSSR count). The molecule has 4 aromatic rings. The van der Waals surface area contributed by atoms with E-state index in [0.717, 1.165) is 33.8 Å². The lowest BCUT2D eigenvalue weighted by atomic mass is 10.1. The van der Waals surface area contributed by atoms with Gasteiger partial charge in [-0.1, -0.05) is 0 Å². The number of carboxylic acid groups (broad SMARTS) is 1. The van der Waals surface area contributed by atoms with E-state index in [2.05, 4.69) is 9.97 Å². The summed E-state index contributed by atoms with van der Waals surface area (Å²) in [6, 6.07) is 12.6. The number of nitrogens with zero attached hydrogens (tertiary/aromatic N) is 3. The van der Waals surface area contributed by atoms with Gasteiger partial charge in [-0.05, 0) is 49.4 Å². The molecule has 1 aromatic carbocycles. The molecule has 0 aliphatic rings. The van der Waals surface area contributed by atoms with E-state index >= 15 is 0 Å². The topological polar surface area (TPSA) is 92.6 Å². The Morgan fingerprint density at radius 1 is 1.11 bits per heavy atom. The van der Waals surface area contributed by atoms with E-state index in [9.17, 15) is 4.79 Å². The van der Waals surface area contributed by atoms with E-state index in [1.807, 2.05) is 49.2 Å². The lowest BCUT2D eigenvalue weighted by molar-refractivity contribution is 0.0663. The molecule has 0 radical (unpaired) electrons. The number of anilines is 1. The fourth-order valence-electron chi connectivity index (χ4n) is 2.99. The van der Waals surface area contributed by atoms with Crippen LogP contribution in [0.4, 0.5) is 5.82 Å². The Morgan fingerprint density at radius 2 is 1.96 bits per heavy atom. The molecule has 0 spiro atoms. The first-order chi connectivity index (χ1) is 13.0. The van der Waals surface area contributed by atoms with Gasteiger partial charge in [0, 0.05) is 18.0 Å². The zero-order valence-electron chi connectivity index (χ0n) is 14.8. The van der Waals surface area contributed by atoms with E-state index < -0.39 is 5.97 Å². The summed E-state index contributed by atoms with van der Waals surface area (Å²) in [7, 11) is 1.93. The first-order valence-corrected chi connectivity index (χ1v) is 8.36. The van der Waals surface area contributed by atoms with Crippen LogP contribution in [-0.2, 0) is 6.54 Å². The Hall–Kier alpha value is -3.61. The molecule has 0 aliphatic heterocycles. The standard InChI is InChI=1S/C20H17N3O4/c1-12-3-5-14(26-12)10-23(2)19-15-9-13(4-6-16(15)21-11-22-19)17-7-8-18(27-17)20(24)25/h3-9,11H,10H2,1-2H3,(H,24,25). The lowest BCUT2D eigenvalue weighted by Gasteiger charge is -2.18. The molecular weight excluding hydrogens is 346 g/mol. The summed E-state index contributed by atoms with van der Waals surface area (Å²) in [5.41, 5.74) is 1.55. The van der Waals surface area contributed by atoms with Crippen molar-refractivity contribution >= 4 is 22.7 Å². The highest BCUT2D eigenvalue weighted by Gasteiger charge is 2.14. The number of rotatable bonds is 5. The Balaban J connectivity index is 1.73. The SMILES string of the molecule is Cc1ccc(CN(C)c2ncnc3ccc(-c4ccc(C(=O)O)o4)cc23)o1. The van der Waals surface area contributed by atoms with Crippen molar-refractivity contribution in [1.82, 2.24) is 9.97 Å². The third-order valence-corrected chi connectivity index (χ3v) is 4.27. The predicted octanol–water partition coefficient (Wildman–Crippen LogP) is 4.13. The van der Waals surface area contributed by atoms with Gasteiger partial charge in [-0.3, -0.25) is 0 Å². The summed E-state index contributed by atoms with van der Waals surface area (Å²) in [6.07, 6.45) is 1.52. The van der Waals surface area contributed by atoms with Gasteiger partial charge in [0.2, 0.25) is 5.76 Å². The Kier molecular flexibility index (Phi) is 4.12. The first kappa shape index (κ1) is 16.8. The molecule has 0 aliphatic carbocycles. The van der Waals surface area contributed by atoms with Gasteiger partial charge in [0.1, 0.15) is 29.4 Å². The molecule has 7 nitrogen and oxygen atoms in total. The number of carbonyl (C=O) groups is 1. The fraction of sp³-hybridized carbons (Fsp3) is 0.150. The summed E-state index contributed by atoms with van der Waals surface area (Å²) in [6.45, 7) is 2.47. The highest BCUT2D eigenvalue weighted by atomic mass is 16.4. The maximum Gasteiger partial charge on any atom is 0.371 e. The number of furan rings is 2. The molecule has 0 fully saturated rings. The fourth-order valence-corrected chi connectivity index (χ4v) is 2.99. The molecule has 3 aromatic heterocycles. The zero-order valence-corrected chi connectivity index (χ0v) is 14.8. The monoisotopic (exact) mass is 363 g/mol. The summed E-state index contributed by atoms with van der Waals surface area (Å²) in [5, 5.41) is 9.89. The van der Waals surface area contributed by atoms with E-state index in [-0.39, 0.29) is 5.76 Å². The van der Waals surface area contributed by atoms with Crippen molar-refractivity contribution in [1.29, 1.82) is 0 Å². The first-order valence-electron chi connectivity index (χ1n) is 8.36. The highest BCUT2D eigenvalue weighted by Crippen LogP contribution is 2.30. The van der Waals surface area contributed by atoms with E-state index in [1.165, 1.54) is 12.4 Å². The van der Waals surface area contributed by atoms with Gasteiger partial charge in [0.25, 0.3) is 0 Å². The molecule has 1 N–H and O–H groups in total. The van der Waals surface area contributed by atoms with Gasteiger partial charge in [0.05, 0.1) is 12.1 Å². The number of aromatic nitrogens is 2. The van der Waals surface area contributed by atoms with Crippen LogP contribution < -0.4 is 4.90 Å². The minimum absolute atomic E-state index is 0.0973. The third-order valence-electron chi connectivity index (χ3n) is 4.27. The van der Waals surface area contributed by atoms with Crippen molar-refractivity contribution in [3.05, 3.63) is 66.1 Å². The second-order valence-electron chi connectivity index (χ2n) is 6.27. The third kappa shape index (κ3) is 3.27. The van der Waals surface area contributed by atoms with Crippen LogP contribution in [0.25, 0.3) is 22.2 Å². The second kappa shape index (κ2) is 6.60. The van der Waals surface area contributed by atoms with Crippen LogP contribution >= 0.6 is 0 Å². The quantitative estimate of drug-likeness (QED) is 0.570. The average molecular weight is 363 g/mol. The van der Waals surface area contributed by atoms with Crippen molar-refractivity contribution in [3.63, 3.8) is 0 Å². The normalized spacial score (nSPS) is 11.0. The van der Waals surface area contributed by atoms with Crippen LogP contribution in [0.3, 0.4) is 0 Å². The van der Waals surface area contributed by atoms with Crippen LogP contribution in [0.15, 0.2) is 57.6 Å². The van der Waals surface area contributed by atoms with Gasteiger partial charge in [-0.15, -0.1) is 0 Å². The smallest absolute Gasteiger partial charge is 0.371 e. The number of fused-ring (bicyclic) bond motifs is 1. The molecule has 0 bridgehead atoms. The molecule has 136 valence electrons. The number of aryl methyl sites for hydroxylation is 1. The average Bonchev–Trinajstić information content (AvgIpc) is 3.30. The Bertz CT molecular complexity index is 1130. The van der Waals surface area contributed by atoms with Gasteiger partial charge >= 0.3 is 5.97 Å². The van der Waals surface area contributed by atoms with Gasteiger partial charge in [0.15, 0.2) is 0 Å². The summed E-state index contributed by atoms with van der Waals surface area (Å²) >= 11 is 0. The van der Waals surface area contributed by atoms with Crippen molar-refractivity contribution in [3.8, 4) is 11.3 Å². The van der Waals surface area contributed by atoms with Crippen LogP contribution in [0.1, 0.15) is 22.1 Å². The van der Waals surface area contributed by atoms with Crippen molar-refractivity contribution in [2.75, 3.05) is 11.9 Å². The van der Waals surface area contributed by atoms with Crippen LogP contribution in [0.5, 0.6) is 0 Å². The Morgan fingerprint density at radius 3 is 2.67 bits per heavy atom. The van der Waals surface area contributed by atoms with Crippen molar-refractivity contribution in [2.45, 2.75) is 13.5 Å². The van der Waals surface area contributed by atoms with Crippen LogP contribution in [0, 0.1) is 6.92 Å². The maximum atomic E-state index is 11.0. The number of aromatic carboxylic acids is 1. The van der Waals surface area contributed by atoms with Crippen LogP contribution in [0.2, 0.25) is 0 Å². The molecule has 0 atom stereocenters. The molecule has 0 amide bonds. The molecule has 3 heterocycles. The van der Waals surface area contributed by atoms with Crippen molar-refractivity contribution in [2.24, 2.45) is 0 Å². The minimum Gasteiger partial charge on any atom is -0.475 e. The largest absolute Gasteiger partial charge is 0.475 e. The molecule has 0 saturated heterocycles. The minimum atomic E-state index is -1.10. The summed E-state index contributed by atoms with van der Waals surface area (Å²) in [5.74, 6) is 1.74. The van der Waals surface area contributed by atoms with E-state index in [4.69, 9.17) is 13.9 Å². The molecular formula is C20H17N3O4. The molecule has 7 heteroatoms. The number of benzene rings is 1. The maximum absolute atomic E-state index is 11.0. The summed E-state index contributed by atoms with van der Waals surface area (Å²) < 4.78 is 11.1.